The molecular formula is C12H26N2O. The molecule has 3 nitrogen and oxygen atoms in total. The Bertz CT molecular complexity index is 190. The van der Waals surface area contributed by atoms with Crippen LogP contribution in [0.1, 0.15) is 40.5 Å². The summed E-state index contributed by atoms with van der Waals surface area (Å²) in [5.74, 6) is 0.709. The zero-order valence-electron chi connectivity index (χ0n) is 10.6. The smallest absolute Gasteiger partial charge is 0.0767 e. The van der Waals surface area contributed by atoms with Gasteiger partial charge in [-0.15, -0.1) is 0 Å². The quantitative estimate of drug-likeness (QED) is 0.657. The average Bonchev–Trinajstić information content (AvgIpc) is 2.15. The van der Waals surface area contributed by atoms with E-state index in [2.05, 4.69) is 24.5 Å². The van der Waals surface area contributed by atoms with Gasteiger partial charge in [0.15, 0.2) is 0 Å². The Kier molecular flexibility index (Phi) is 4.15. The van der Waals surface area contributed by atoms with Gasteiger partial charge in [-0.1, -0.05) is 0 Å². The van der Waals surface area contributed by atoms with Gasteiger partial charge in [-0.3, -0.25) is 0 Å². The second-order valence-electron chi connectivity index (χ2n) is 5.78. The maximum Gasteiger partial charge on any atom is 0.0767 e. The lowest BCUT2D eigenvalue weighted by Crippen LogP contribution is -2.57. The Labute approximate surface area is 93.6 Å². The molecule has 1 saturated heterocycles. The molecule has 0 aromatic rings. The molecule has 0 aromatic carbocycles. The van der Waals surface area contributed by atoms with Gasteiger partial charge >= 0.3 is 0 Å². The first-order valence-corrected chi connectivity index (χ1v) is 6.01. The van der Waals surface area contributed by atoms with Crippen molar-refractivity contribution in [1.82, 2.24) is 10.6 Å². The highest BCUT2D eigenvalue weighted by atomic mass is 16.3. The lowest BCUT2D eigenvalue weighted by atomic mass is 9.85. The summed E-state index contributed by atoms with van der Waals surface area (Å²) in [6.45, 7) is 11.1. The van der Waals surface area contributed by atoms with E-state index in [0.29, 0.717) is 5.92 Å². The number of hydrogen-bond donors (Lipinski definition) is 3. The van der Waals surface area contributed by atoms with Gasteiger partial charge in [0.2, 0.25) is 0 Å². The molecule has 0 spiro atoms. The van der Waals surface area contributed by atoms with Crippen LogP contribution in [0.25, 0.3) is 0 Å². The summed E-state index contributed by atoms with van der Waals surface area (Å²) in [6.07, 6.45) is 2.57. The number of aliphatic hydroxyl groups is 1. The van der Waals surface area contributed by atoms with Crippen molar-refractivity contribution in [3.05, 3.63) is 0 Å². The lowest BCUT2D eigenvalue weighted by molar-refractivity contribution is -0.00646. The van der Waals surface area contributed by atoms with Gasteiger partial charge in [0, 0.05) is 5.54 Å². The summed E-state index contributed by atoms with van der Waals surface area (Å²) in [6, 6.07) is 0. The largest absolute Gasteiger partial charge is 0.389 e. The Morgan fingerprint density at radius 1 is 1.33 bits per heavy atom. The number of nitrogens with one attached hydrogen (secondary N) is 2. The SMILES string of the molecule is CC(C)(O)C(C)(C)NCC1CCCNC1. The van der Waals surface area contributed by atoms with E-state index >= 15 is 0 Å². The Morgan fingerprint density at radius 3 is 2.47 bits per heavy atom. The molecule has 1 aliphatic rings. The van der Waals surface area contributed by atoms with Crippen molar-refractivity contribution in [1.29, 1.82) is 0 Å². The van der Waals surface area contributed by atoms with E-state index in [0.717, 1.165) is 19.6 Å². The van der Waals surface area contributed by atoms with E-state index in [1.165, 1.54) is 12.8 Å². The van der Waals surface area contributed by atoms with Crippen LogP contribution >= 0.6 is 0 Å². The fraction of sp³-hybridized carbons (Fsp3) is 1.00. The van der Waals surface area contributed by atoms with Gasteiger partial charge < -0.3 is 15.7 Å². The minimum Gasteiger partial charge on any atom is -0.389 e. The third kappa shape index (κ3) is 3.74. The molecule has 3 N–H and O–H groups in total. The van der Waals surface area contributed by atoms with Crippen LogP contribution in [0.2, 0.25) is 0 Å². The van der Waals surface area contributed by atoms with Gasteiger partial charge in [-0.2, -0.15) is 0 Å². The summed E-state index contributed by atoms with van der Waals surface area (Å²) in [5.41, 5.74) is -0.917. The Hall–Kier alpha value is -0.120. The Balaban J connectivity index is 2.35. The van der Waals surface area contributed by atoms with Crippen molar-refractivity contribution in [3.8, 4) is 0 Å². The molecule has 1 heterocycles. The molecule has 1 rings (SSSR count). The molecule has 90 valence electrons. The maximum atomic E-state index is 10.00. The first-order chi connectivity index (χ1) is 6.83. The van der Waals surface area contributed by atoms with E-state index in [-0.39, 0.29) is 5.54 Å². The molecular weight excluding hydrogens is 188 g/mol. The predicted molar refractivity (Wildman–Crippen MR) is 64.0 cm³/mol. The molecule has 1 unspecified atom stereocenters. The standard InChI is InChI=1S/C12H26N2O/c1-11(2,12(3,4)15)14-9-10-6-5-7-13-8-10/h10,13-15H,5-9H2,1-4H3. The Morgan fingerprint density at radius 2 is 2.00 bits per heavy atom. The molecule has 0 bridgehead atoms. The van der Waals surface area contributed by atoms with E-state index in [1.54, 1.807) is 0 Å². The van der Waals surface area contributed by atoms with Crippen LogP contribution in [0.5, 0.6) is 0 Å². The highest BCUT2D eigenvalue weighted by molar-refractivity contribution is 4.94. The molecule has 0 radical (unpaired) electrons. The first kappa shape index (κ1) is 12.9. The van der Waals surface area contributed by atoms with Crippen molar-refractivity contribution in [3.63, 3.8) is 0 Å². The molecule has 0 aliphatic carbocycles. The molecule has 3 heteroatoms. The minimum absolute atomic E-state index is 0.232. The van der Waals surface area contributed by atoms with E-state index in [1.807, 2.05) is 13.8 Å². The predicted octanol–water partition coefficient (Wildman–Crippen LogP) is 1.13. The fourth-order valence-corrected chi connectivity index (χ4v) is 1.71. The van der Waals surface area contributed by atoms with E-state index in [4.69, 9.17) is 0 Å². The zero-order chi connectivity index (χ0) is 11.5. The van der Waals surface area contributed by atoms with Crippen LogP contribution in [0.3, 0.4) is 0 Å². The highest BCUT2D eigenvalue weighted by Crippen LogP contribution is 2.21. The van der Waals surface area contributed by atoms with Gasteiger partial charge in [-0.25, -0.2) is 0 Å². The summed E-state index contributed by atoms with van der Waals surface area (Å²) in [7, 11) is 0. The second kappa shape index (κ2) is 4.81. The van der Waals surface area contributed by atoms with Crippen LogP contribution in [0, 0.1) is 5.92 Å². The van der Waals surface area contributed by atoms with Crippen LogP contribution in [-0.4, -0.2) is 35.9 Å². The monoisotopic (exact) mass is 214 g/mol. The zero-order valence-corrected chi connectivity index (χ0v) is 10.6. The molecule has 15 heavy (non-hydrogen) atoms. The number of rotatable bonds is 4. The van der Waals surface area contributed by atoms with Gasteiger partial charge in [0.1, 0.15) is 0 Å². The van der Waals surface area contributed by atoms with Gasteiger partial charge in [0.25, 0.3) is 0 Å². The molecule has 0 amide bonds. The first-order valence-electron chi connectivity index (χ1n) is 6.01. The molecule has 1 aliphatic heterocycles. The van der Waals surface area contributed by atoms with Crippen LogP contribution < -0.4 is 10.6 Å². The minimum atomic E-state index is -0.685. The lowest BCUT2D eigenvalue weighted by Gasteiger charge is -2.39. The van der Waals surface area contributed by atoms with Crippen LogP contribution in [0.4, 0.5) is 0 Å². The highest BCUT2D eigenvalue weighted by Gasteiger charge is 2.34. The van der Waals surface area contributed by atoms with E-state index < -0.39 is 5.60 Å². The van der Waals surface area contributed by atoms with Gasteiger partial charge in [0.05, 0.1) is 5.60 Å². The van der Waals surface area contributed by atoms with Crippen molar-refractivity contribution in [2.24, 2.45) is 5.92 Å². The third-order valence-electron chi connectivity index (χ3n) is 3.76. The van der Waals surface area contributed by atoms with Crippen LogP contribution in [0.15, 0.2) is 0 Å². The summed E-state index contributed by atoms with van der Waals surface area (Å²) in [4.78, 5) is 0. The third-order valence-corrected chi connectivity index (χ3v) is 3.76. The van der Waals surface area contributed by atoms with Crippen molar-refractivity contribution < 1.29 is 5.11 Å². The van der Waals surface area contributed by atoms with E-state index in [9.17, 15) is 5.11 Å². The van der Waals surface area contributed by atoms with Crippen molar-refractivity contribution >= 4 is 0 Å². The van der Waals surface area contributed by atoms with Gasteiger partial charge in [-0.05, 0) is 66.1 Å². The number of hydrogen-bond acceptors (Lipinski definition) is 3. The molecule has 0 aromatic heterocycles. The summed E-state index contributed by atoms with van der Waals surface area (Å²) < 4.78 is 0. The molecule has 1 fully saturated rings. The summed E-state index contributed by atoms with van der Waals surface area (Å²) >= 11 is 0. The summed E-state index contributed by atoms with van der Waals surface area (Å²) in [5, 5.41) is 16.9. The molecule has 1 atom stereocenters. The normalized spacial score (nSPS) is 24.2. The van der Waals surface area contributed by atoms with Crippen molar-refractivity contribution in [2.75, 3.05) is 19.6 Å². The average molecular weight is 214 g/mol. The fourth-order valence-electron chi connectivity index (χ4n) is 1.71. The maximum absolute atomic E-state index is 10.00. The van der Waals surface area contributed by atoms with Crippen molar-refractivity contribution in [2.45, 2.75) is 51.7 Å². The van der Waals surface area contributed by atoms with Crippen LogP contribution in [-0.2, 0) is 0 Å². The topological polar surface area (TPSA) is 44.3 Å². The second-order valence-corrected chi connectivity index (χ2v) is 5.78. The number of piperidine rings is 1. The molecule has 0 saturated carbocycles.